The summed E-state index contributed by atoms with van der Waals surface area (Å²) >= 11 is 0. The van der Waals surface area contributed by atoms with Crippen molar-refractivity contribution in [3.05, 3.63) is 0 Å². The van der Waals surface area contributed by atoms with Crippen LogP contribution in [0.5, 0.6) is 0 Å². The third kappa shape index (κ3) is 42.2. The first kappa shape index (κ1) is 43.2. The molecular formula is HP33. The Morgan fingerprint density at radius 3 is 0.545 bits per heavy atom. The van der Waals surface area contributed by atoms with Gasteiger partial charge in [0.2, 0.25) is 0 Å². The molecule has 0 rings (SSSR count). The number of rotatable bonds is 15. The summed E-state index contributed by atoms with van der Waals surface area (Å²) in [6.07, 6.45) is 0. The van der Waals surface area contributed by atoms with Crippen LogP contribution in [0.3, 0.4) is 0 Å². The molecule has 0 unspecified atom stereocenters. The van der Waals surface area contributed by atoms with Gasteiger partial charge in [0.15, 0.2) is 0 Å². The zero-order chi connectivity index (χ0) is 23.9. The smallest absolute Gasteiger partial charge is 0.0835 e. The minimum Gasteiger partial charge on any atom is -0.0835 e. The number of hydrogen-bond donors (Lipinski definition) is 0. The molecule has 0 radical (unpaired) electrons. The van der Waals surface area contributed by atoms with Crippen LogP contribution in [0.4, 0.5) is 0 Å². The van der Waals surface area contributed by atoms with Gasteiger partial charge in [0.25, 0.3) is 0 Å². The second-order valence-electron chi connectivity index (χ2n) is 2.78. The standard InChI is InChI=1S/HP33/c1-3-5-7-9-11-13-15-17-19-21-23-25-27-29-31-33-32-30-28-26-24-22-20-18-16-14-12-10-8-6-4-2/h1H. The number of hydrogen-bond acceptors (Lipinski definition) is 0. The Kier molecular flexibility index (Phi) is 55.1. The van der Waals surface area contributed by atoms with Crippen molar-refractivity contribution in [3.8, 4) is 0 Å². The zero-order valence-corrected chi connectivity index (χ0v) is 44.4. The average Bonchev–Trinajstić information content (AvgIpc) is 2.83. The van der Waals surface area contributed by atoms with Crippen molar-refractivity contribution in [3.63, 3.8) is 0 Å². The van der Waals surface area contributed by atoms with Crippen LogP contribution in [0.15, 0.2) is 0 Å². The van der Waals surface area contributed by atoms with Gasteiger partial charge >= 0.3 is 106 Å². The topological polar surface area (TPSA) is 0 Å². The van der Waals surface area contributed by atoms with E-state index in [1.807, 2.05) is 0 Å². The van der Waals surface area contributed by atoms with Gasteiger partial charge in [-0.3, -0.25) is 0 Å². The van der Waals surface area contributed by atoms with Crippen LogP contribution in [0.25, 0.3) is 0 Å². The van der Waals surface area contributed by atoms with Crippen LogP contribution in [-0.2, 0) is 0 Å². The maximum absolute atomic E-state index is 4.21. The van der Waals surface area contributed by atoms with Crippen LogP contribution in [0, 0.1) is 0 Å². The molecule has 0 aliphatic rings. The Balaban J connectivity index is 4.00. The summed E-state index contributed by atoms with van der Waals surface area (Å²) in [5, 5.41) is 0. The summed E-state index contributed by atoms with van der Waals surface area (Å²) in [4.78, 5) is 0. The van der Waals surface area contributed by atoms with Gasteiger partial charge in [0.05, 0.1) is 0 Å². The minimum absolute atomic E-state index is 1.21. The molecule has 0 fully saturated rings. The van der Waals surface area contributed by atoms with Crippen LogP contribution >= 0.6 is 251 Å². The summed E-state index contributed by atoms with van der Waals surface area (Å²) in [5.41, 5.74) is 0. The average molecular weight is 1020 g/mol. The normalized spacial score (nSPS) is 14.9. The van der Waals surface area contributed by atoms with E-state index in [1.54, 1.807) is 189 Å². The quantitative estimate of drug-likeness (QED) is 0.143. The molecule has 0 nitrogen and oxygen atoms in total. The fourth-order valence-electron chi connectivity index (χ4n) is 0.521. The van der Waals surface area contributed by atoms with Gasteiger partial charge in [-0.25, -0.2) is 0 Å². The van der Waals surface area contributed by atoms with E-state index in [-0.39, 0.29) is 0 Å². The summed E-state index contributed by atoms with van der Waals surface area (Å²) in [5.74, 6) is 0. The minimum atomic E-state index is 1.21. The van der Waals surface area contributed by atoms with E-state index in [9.17, 15) is 0 Å². The third-order valence-electron chi connectivity index (χ3n) is 1.20. The molecule has 0 spiro atoms. The monoisotopic (exact) mass is 1020 g/mol. The summed E-state index contributed by atoms with van der Waals surface area (Å²) in [7, 11) is 54.7. The Hall–Kier alpha value is 10.2. The SMILES string of the molecule is P#P=P\P=P/P=P\P=P/P=P\P=P/P=P\P=P/P=P\P=P/P=P\P=P/P=P\P=P/P=P\P=P. The Bertz CT molecular complexity index is 1010. The first-order valence-electron chi connectivity index (χ1n) is 6.42. The van der Waals surface area contributed by atoms with Gasteiger partial charge in [-0.1, -0.05) is 8.53 Å². The molecular weight excluding hydrogens is 1020 g/mol. The van der Waals surface area contributed by atoms with Crippen molar-refractivity contribution < 1.29 is 0 Å². The van der Waals surface area contributed by atoms with Crippen molar-refractivity contribution in [2.24, 2.45) is 0 Å². The van der Waals surface area contributed by atoms with E-state index in [4.69, 9.17) is 0 Å². The van der Waals surface area contributed by atoms with Crippen molar-refractivity contribution >= 4 is 251 Å². The van der Waals surface area contributed by atoms with Crippen molar-refractivity contribution in [2.75, 3.05) is 0 Å². The first-order valence-corrected chi connectivity index (χ1v) is 57.8. The molecule has 0 aliphatic heterocycles. The molecule has 0 saturated heterocycles. The molecule has 33 heteroatoms. The van der Waals surface area contributed by atoms with E-state index in [1.165, 1.54) is 44.8 Å². The van der Waals surface area contributed by atoms with E-state index in [0.29, 0.717) is 0 Å². The van der Waals surface area contributed by atoms with E-state index >= 15 is 0 Å². The molecule has 33 heavy (non-hydrogen) atoms. The van der Waals surface area contributed by atoms with Crippen LogP contribution in [0.2, 0.25) is 0 Å². The third-order valence-corrected chi connectivity index (χ3v) is 97.6. The molecule has 166 valence electrons. The molecule has 0 saturated carbocycles. The van der Waals surface area contributed by atoms with Crippen molar-refractivity contribution in [2.45, 2.75) is 0 Å². The first-order chi connectivity index (χ1) is 16.4. The van der Waals surface area contributed by atoms with E-state index < -0.39 is 0 Å². The molecule has 0 aliphatic carbocycles. The van der Waals surface area contributed by atoms with E-state index in [0.717, 1.165) is 0 Å². The fraction of sp³-hybridized carbons (Fsp3) is 0. The van der Waals surface area contributed by atoms with Gasteiger partial charge in [-0.15, -0.1) is 0 Å². The Morgan fingerprint density at radius 1 is 0.242 bits per heavy atom. The Labute approximate surface area is 247 Å². The van der Waals surface area contributed by atoms with Crippen LogP contribution < -0.4 is 0 Å². The fourth-order valence-corrected chi connectivity index (χ4v) is 127. The molecule has 0 aromatic carbocycles. The predicted octanol–water partition coefficient (Wildman–Crippen LogP) is 28.2. The molecule has 0 amide bonds. The van der Waals surface area contributed by atoms with Crippen LogP contribution in [0.1, 0.15) is 0 Å². The van der Waals surface area contributed by atoms with Gasteiger partial charge in [0.1, 0.15) is 0 Å². The molecule has 0 heterocycles. The van der Waals surface area contributed by atoms with Gasteiger partial charge in [0, 0.05) is 75.6 Å². The molecule has 0 aromatic heterocycles. The van der Waals surface area contributed by atoms with Gasteiger partial charge < -0.3 is 0 Å². The molecule has 0 aromatic rings. The maximum atomic E-state index is 4.21. The summed E-state index contributed by atoms with van der Waals surface area (Å²) < 4.78 is 0. The summed E-state index contributed by atoms with van der Waals surface area (Å²) in [6.45, 7) is 1.21. The van der Waals surface area contributed by atoms with Crippen LogP contribution in [-0.4, -0.2) is 0 Å². The van der Waals surface area contributed by atoms with Gasteiger partial charge in [-0.2, -0.15) is 0 Å². The zero-order valence-electron chi connectivity index (χ0n) is 14.8. The van der Waals surface area contributed by atoms with Gasteiger partial charge in [-0.05, 0) is 60.4 Å². The molecule has 0 N–H and O–H groups in total. The Morgan fingerprint density at radius 2 is 0.394 bits per heavy atom. The van der Waals surface area contributed by atoms with Crippen molar-refractivity contribution in [1.29, 1.82) is 0 Å². The van der Waals surface area contributed by atoms with Crippen molar-refractivity contribution in [1.82, 2.24) is 0 Å². The van der Waals surface area contributed by atoms with E-state index in [2.05, 4.69) is 16.9 Å². The summed E-state index contributed by atoms with van der Waals surface area (Å²) in [6, 6.07) is 0. The predicted molar refractivity (Wildman–Crippen MR) is 230 cm³/mol. The molecule has 0 atom stereocenters. The second kappa shape index (κ2) is 42.2. The second-order valence-corrected chi connectivity index (χ2v) is 75.1. The molecule has 0 bridgehead atoms.